The number of rotatable bonds is 5. The van der Waals surface area contributed by atoms with Crippen LogP contribution in [0.3, 0.4) is 0 Å². The molecule has 1 aromatic carbocycles. The van der Waals surface area contributed by atoms with Crippen LogP contribution in [0, 0.1) is 12.8 Å². The van der Waals surface area contributed by atoms with E-state index in [1.807, 2.05) is 12.1 Å². The van der Waals surface area contributed by atoms with Gasteiger partial charge in [-0.2, -0.15) is 0 Å². The quantitative estimate of drug-likeness (QED) is 0.810. The molecule has 2 aliphatic heterocycles. The average molecular weight is 360 g/mol. The highest BCUT2D eigenvalue weighted by molar-refractivity contribution is 5.97. The van der Waals surface area contributed by atoms with Gasteiger partial charge in [0.2, 0.25) is 0 Å². The molecule has 2 heterocycles. The first-order chi connectivity index (χ1) is 12.6. The third kappa shape index (κ3) is 4.57. The molecule has 3 rings (SSSR count). The fourth-order valence-corrected chi connectivity index (χ4v) is 4.04. The van der Waals surface area contributed by atoms with Crippen LogP contribution in [-0.4, -0.2) is 75.7 Å². The Morgan fingerprint density at radius 2 is 1.85 bits per heavy atom. The van der Waals surface area contributed by atoms with Crippen LogP contribution < -0.4 is 4.90 Å². The smallest absolute Gasteiger partial charge is 0.254 e. The number of carbonyl (C=O) groups is 1. The Kier molecular flexibility index (Phi) is 6.54. The number of anilines is 1. The summed E-state index contributed by atoms with van der Waals surface area (Å²) in [5.41, 5.74) is 3.15. The first-order valence-corrected chi connectivity index (χ1v) is 9.92. The normalized spacial score (nSPS) is 19.2. The molecule has 0 aliphatic carbocycles. The van der Waals surface area contributed by atoms with Crippen LogP contribution >= 0.6 is 0 Å². The zero-order chi connectivity index (χ0) is 18.5. The highest BCUT2D eigenvalue weighted by Gasteiger charge is 2.25. The lowest BCUT2D eigenvalue weighted by Crippen LogP contribution is -2.40. The molecule has 0 spiro atoms. The van der Waals surface area contributed by atoms with Crippen molar-refractivity contribution in [3.63, 3.8) is 0 Å². The van der Waals surface area contributed by atoms with E-state index in [1.54, 1.807) is 0 Å². The third-order valence-corrected chi connectivity index (χ3v) is 5.77. The Morgan fingerprint density at radius 1 is 1.15 bits per heavy atom. The molecule has 0 bridgehead atoms. The second-order valence-corrected chi connectivity index (χ2v) is 7.88. The average Bonchev–Trinajstić information content (AvgIpc) is 2.67. The van der Waals surface area contributed by atoms with Crippen LogP contribution in [0.2, 0.25) is 0 Å². The van der Waals surface area contributed by atoms with E-state index in [0.717, 1.165) is 75.8 Å². The van der Waals surface area contributed by atoms with Gasteiger partial charge in [0.25, 0.3) is 5.91 Å². The van der Waals surface area contributed by atoms with Gasteiger partial charge in [-0.25, -0.2) is 0 Å². The summed E-state index contributed by atoms with van der Waals surface area (Å²) < 4.78 is 5.46. The second kappa shape index (κ2) is 8.87. The number of morpholine rings is 1. The zero-order valence-electron chi connectivity index (χ0n) is 16.5. The van der Waals surface area contributed by atoms with Gasteiger partial charge in [-0.05, 0) is 70.4 Å². The lowest BCUT2D eigenvalue weighted by Gasteiger charge is -2.34. The van der Waals surface area contributed by atoms with E-state index in [1.165, 1.54) is 12.1 Å². The summed E-state index contributed by atoms with van der Waals surface area (Å²) in [6.07, 6.45) is 3.49. The minimum Gasteiger partial charge on any atom is -0.378 e. The Labute approximate surface area is 157 Å². The molecule has 0 radical (unpaired) electrons. The van der Waals surface area contributed by atoms with E-state index in [9.17, 15) is 4.79 Å². The van der Waals surface area contributed by atoms with E-state index in [0.29, 0.717) is 0 Å². The summed E-state index contributed by atoms with van der Waals surface area (Å²) in [5, 5.41) is 0. The van der Waals surface area contributed by atoms with Crippen LogP contribution in [0.4, 0.5) is 5.69 Å². The summed E-state index contributed by atoms with van der Waals surface area (Å²) in [5.74, 6) is 0.950. The maximum absolute atomic E-state index is 13.1. The van der Waals surface area contributed by atoms with Crippen molar-refractivity contribution in [2.24, 2.45) is 5.92 Å². The van der Waals surface area contributed by atoms with Crippen LogP contribution in [0.5, 0.6) is 0 Å². The van der Waals surface area contributed by atoms with E-state index >= 15 is 0 Å². The molecule has 1 aromatic rings. The van der Waals surface area contributed by atoms with Crippen molar-refractivity contribution in [2.75, 3.05) is 64.9 Å². The Balaban J connectivity index is 1.63. The van der Waals surface area contributed by atoms with Crippen LogP contribution in [0.25, 0.3) is 0 Å². The minimum absolute atomic E-state index is 0.198. The molecular formula is C21H33N3O2. The summed E-state index contributed by atoms with van der Waals surface area (Å²) >= 11 is 0. The molecule has 0 aromatic heterocycles. The van der Waals surface area contributed by atoms with Gasteiger partial charge in [-0.15, -0.1) is 0 Å². The molecule has 5 nitrogen and oxygen atoms in total. The van der Waals surface area contributed by atoms with Gasteiger partial charge in [0, 0.05) is 37.4 Å². The van der Waals surface area contributed by atoms with E-state index < -0.39 is 0 Å². The lowest BCUT2D eigenvalue weighted by atomic mass is 9.92. The molecule has 5 heteroatoms. The van der Waals surface area contributed by atoms with E-state index in [-0.39, 0.29) is 5.91 Å². The van der Waals surface area contributed by atoms with Crippen LogP contribution in [0.1, 0.15) is 35.2 Å². The van der Waals surface area contributed by atoms with E-state index in [2.05, 4.69) is 41.8 Å². The molecule has 2 saturated heterocycles. The molecule has 0 saturated carbocycles. The van der Waals surface area contributed by atoms with Crippen molar-refractivity contribution in [1.29, 1.82) is 0 Å². The molecular weight excluding hydrogens is 326 g/mol. The fourth-order valence-electron chi connectivity index (χ4n) is 4.04. The number of benzene rings is 1. The number of piperidine rings is 1. The Morgan fingerprint density at radius 3 is 2.50 bits per heavy atom. The summed E-state index contributed by atoms with van der Waals surface area (Å²) in [6, 6.07) is 6.14. The first kappa shape index (κ1) is 19.2. The number of nitrogens with zero attached hydrogens (tertiary/aromatic N) is 3. The molecule has 1 amide bonds. The van der Waals surface area contributed by atoms with Crippen LogP contribution in [0.15, 0.2) is 18.2 Å². The largest absolute Gasteiger partial charge is 0.378 e. The molecule has 26 heavy (non-hydrogen) atoms. The molecule has 0 N–H and O–H groups in total. The van der Waals surface area contributed by atoms with E-state index in [4.69, 9.17) is 4.74 Å². The number of amides is 1. The van der Waals surface area contributed by atoms with Crippen molar-refractivity contribution >= 4 is 11.6 Å². The van der Waals surface area contributed by atoms with Gasteiger partial charge in [0.05, 0.1) is 13.2 Å². The Bertz CT molecular complexity index is 603. The second-order valence-electron chi connectivity index (χ2n) is 7.88. The molecule has 0 atom stereocenters. The first-order valence-electron chi connectivity index (χ1n) is 9.92. The molecule has 2 fully saturated rings. The predicted molar refractivity (Wildman–Crippen MR) is 106 cm³/mol. The van der Waals surface area contributed by atoms with Crippen molar-refractivity contribution in [1.82, 2.24) is 9.80 Å². The maximum Gasteiger partial charge on any atom is 0.254 e. The topological polar surface area (TPSA) is 36.0 Å². The predicted octanol–water partition coefficient (Wildman–Crippen LogP) is 2.64. The van der Waals surface area contributed by atoms with Crippen LogP contribution in [-0.2, 0) is 4.74 Å². The van der Waals surface area contributed by atoms with Crippen molar-refractivity contribution in [2.45, 2.75) is 26.2 Å². The van der Waals surface area contributed by atoms with Gasteiger partial charge < -0.3 is 19.4 Å². The number of ether oxygens (including phenoxy) is 1. The number of likely N-dealkylation sites (tertiary alicyclic amines) is 1. The zero-order valence-corrected chi connectivity index (χ0v) is 16.5. The SMILES string of the molecule is Cc1c(C(=O)N2CCC(CCN(C)C)CC2)cccc1N1CCOCC1. The minimum atomic E-state index is 0.198. The van der Waals surface area contributed by atoms with Crippen molar-refractivity contribution in [3.05, 3.63) is 29.3 Å². The number of carbonyl (C=O) groups excluding carboxylic acids is 1. The lowest BCUT2D eigenvalue weighted by molar-refractivity contribution is 0.0682. The van der Waals surface area contributed by atoms with Gasteiger partial charge in [0.15, 0.2) is 0 Å². The molecule has 144 valence electrons. The molecule has 0 unspecified atom stereocenters. The summed E-state index contributed by atoms with van der Waals surface area (Å²) in [4.78, 5) is 19.7. The van der Waals surface area contributed by atoms with Gasteiger partial charge in [-0.1, -0.05) is 6.07 Å². The van der Waals surface area contributed by atoms with Gasteiger partial charge >= 0.3 is 0 Å². The standard InChI is InChI=1S/C21H33N3O2/c1-17-19(5-4-6-20(17)23-13-15-26-16-14-23)21(25)24-11-8-18(9-12-24)7-10-22(2)3/h4-6,18H,7-16H2,1-3H3. The number of hydrogen-bond donors (Lipinski definition) is 0. The monoisotopic (exact) mass is 359 g/mol. The molecule has 2 aliphatic rings. The number of hydrogen-bond acceptors (Lipinski definition) is 4. The third-order valence-electron chi connectivity index (χ3n) is 5.77. The van der Waals surface area contributed by atoms with Gasteiger partial charge in [0.1, 0.15) is 0 Å². The van der Waals surface area contributed by atoms with Crippen molar-refractivity contribution in [3.8, 4) is 0 Å². The highest BCUT2D eigenvalue weighted by Crippen LogP contribution is 2.27. The summed E-state index contributed by atoms with van der Waals surface area (Å²) in [7, 11) is 4.26. The van der Waals surface area contributed by atoms with Crippen molar-refractivity contribution < 1.29 is 9.53 Å². The highest BCUT2D eigenvalue weighted by atomic mass is 16.5. The Hall–Kier alpha value is -1.59. The fraction of sp³-hybridized carbons (Fsp3) is 0.667. The summed E-state index contributed by atoms with van der Waals surface area (Å²) in [6.45, 7) is 8.32. The van der Waals surface area contributed by atoms with Gasteiger partial charge in [-0.3, -0.25) is 4.79 Å². The maximum atomic E-state index is 13.1.